The molecule has 94 valence electrons. The predicted octanol–water partition coefficient (Wildman–Crippen LogP) is 3.14. The van der Waals surface area contributed by atoms with Crippen LogP contribution >= 0.6 is 0 Å². The lowest BCUT2D eigenvalue weighted by molar-refractivity contribution is 0.0518. The highest BCUT2D eigenvalue weighted by Crippen LogP contribution is 2.22. The number of benzene rings is 1. The Bertz CT molecular complexity index is 572. The highest BCUT2D eigenvalue weighted by atomic mass is 16.5. The van der Waals surface area contributed by atoms with E-state index in [0.29, 0.717) is 18.3 Å². The van der Waals surface area contributed by atoms with E-state index in [4.69, 9.17) is 9.15 Å². The Morgan fingerprint density at radius 1 is 1.39 bits per heavy atom. The van der Waals surface area contributed by atoms with Crippen LogP contribution in [0.1, 0.15) is 28.7 Å². The molecule has 0 aliphatic heterocycles. The summed E-state index contributed by atoms with van der Waals surface area (Å²) < 4.78 is 10.4. The van der Waals surface area contributed by atoms with E-state index in [9.17, 15) is 4.79 Å². The molecular weight excluding hydrogens is 230 g/mol. The van der Waals surface area contributed by atoms with Crippen molar-refractivity contribution in [3.8, 4) is 11.5 Å². The van der Waals surface area contributed by atoms with E-state index in [1.807, 2.05) is 31.2 Å². The van der Waals surface area contributed by atoms with Gasteiger partial charge in [0.15, 0.2) is 5.69 Å². The number of nitrogens with zero attached hydrogens (tertiary/aromatic N) is 1. The second-order valence-corrected chi connectivity index (χ2v) is 4.01. The number of rotatable bonds is 3. The molecule has 4 nitrogen and oxygen atoms in total. The first-order valence-electron chi connectivity index (χ1n) is 5.83. The Hall–Kier alpha value is -2.10. The largest absolute Gasteiger partial charge is 0.461 e. The van der Waals surface area contributed by atoms with Crippen molar-refractivity contribution in [2.24, 2.45) is 0 Å². The van der Waals surface area contributed by atoms with Crippen molar-refractivity contribution in [3.05, 3.63) is 41.3 Å². The van der Waals surface area contributed by atoms with Gasteiger partial charge in [0.25, 0.3) is 0 Å². The van der Waals surface area contributed by atoms with Crippen molar-refractivity contribution in [3.63, 3.8) is 0 Å². The van der Waals surface area contributed by atoms with E-state index in [2.05, 4.69) is 4.98 Å². The van der Waals surface area contributed by atoms with Gasteiger partial charge in [-0.2, -0.15) is 0 Å². The number of carbonyl (C=O) groups excluding carboxylic acids is 1. The molecule has 0 amide bonds. The topological polar surface area (TPSA) is 52.3 Å². The van der Waals surface area contributed by atoms with Crippen molar-refractivity contribution in [1.29, 1.82) is 0 Å². The van der Waals surface area contributed by atoms with E-state index in [-0.39, 0.29) is 5.69 Å². The maximum atomic E-state index is 11.6. The van der Waals surface area contributed by atoms with Gasteiger partial charge >= 0.3 is 5.97 Å². The number of hydrogen-bond acceptors (Lipinski definition) is 4. The molecule has 0 fully saturated rings. The van der Waals surface area contributed by atoms with Crippen LogP contribution in [0.5, 0.6) is 0 Å². The summed E-state index contributed by atoms with van der Waals surface area (Å²) in [4.78, 5) is 15.8. The summed E-state index contributed by atoms with van der Waals surface area (Å²) in [6.45, 7) is 5.78. The van der Waals surface area contributed by atoms with E-state index >= 15 is 0 Å². The van der Waals surface area contributed by atoms with Gasteiger partial charge in [0.2, 0.25) is 5.89 Å². The molecular formula is C14H15NO3. The number of aryl methyl sites for hydroxylation is 2. The summed E-state index contributed by atoms with van der Waals surface area (Å²) in [6.07, 6.45) is 0. The molecule has 0 radical (unpaired) electrons. The molecule has 0 bridgehead atoms. The molecule has 0 saturated heterocycles. The Morgan fingerprint density at radius 2 is 2.17 bits per heavy atom. The zero-order chi connectivity index (χ0) is 13.1. The fourth-order valence-electron chi connectivity index (χ4n) is 1.69. The van der Waals surface area contributed by atoms with Crippen LogP contribution in [-0.4, -0.2) is 17.6 Å². The number of esters is 1. The van der Waals surface area contributed by atoms with Crippen LogP contribution in [0.15, 0.2) is 28.7 Å². The number of oxazole rings is 1. The van der Waals surface area contributed by atoms with Gasteiger partial charge in [-0.05, 0) is 32.9 Å². The predicted molar refractivity (Wildman–Crippen MR) is 67.4 cm³/mol. The van der Waals surface area contributed by atoms with E-state index < -0.39 is 5.97 Å². The third kappa shape index (κ3) is 2.42. The van der Waals surface area contributed by atoms with E-state index in [0.717, 1.165) is 11.1 Å². The average Bonchev–Trinajstić information content (AvgIpc) is 2.72. The first-order chi connectivity index (χ1) is 8.61. The monoisotopic (exact) mass is 245 g/mol. The van der Waals surface area contributed by atoms with Gasteiger partial charge < -0.3 is 9.15 Å². The van der Waals surface area contributed by atoms with Crippen LogP contribution in [0.3, 0.4) is 0 Å². The molecule has 1 heterocycles. The van der Waals surface area contributed by atoms with E-state index in [1.54, 1.807) is 13.8 Å². The molecule has 0 aliphatic carbocycles. The number of aromatic nitrogens is 1. The summed E-state index contributed by atoms with van der Waals surface area (Å²) >= 11 is 0. The lowest BCUT2D eigenvalue weighted by atomic mass is 10.1. The summed E-state index contributed by atoms with van der Waals surface area (Å²) in [5.74, 6) is 0.474. The van der Waals surface area contributed by atoms with Gasteiger partial charge in [0.05, 0.1) is 6.61 Å². The van der Waals surface area contributed by atoms with Crippen LogP contribution in [0.2, 0.25) is 0 Å². The van der Waals surface area contributed by atoms with Crippen LogP contribution in [-0.2, 0) is 4.74 Å². The molecule has 1 aromatic carbocycles. The second kappa shape index (κ2) is 5.04. The first-order valence-corrected chi connectivity index (χ1v) is 5.83. The number of carbonyl (C=O) groups is 1. The molecule has 2 rings (SSSR count). The van der Waals surface area contributed by atoms with Crippen LogP contribution < -0.4 is 0 Å². The minimum Gasteiger partial charge on any atom is -0.461 e. The fraction of sp³-hybridized carbons (Fsp3) is 0.286. The molecule has 0 unspecified atom stereocenters. The SMILES string of the molecule is CCOC(=O)c1nc(-c2cccc(C)c2)oc1C. The summed E-state index contributed by atoms with van der Waals surface area (Å²) in [5.41, 5.74) is 2.21. The summed E-state index contributed by atoms with van der Waals surface area (Å²) in [7, 11) is 0. The molecule has 0 N–H and O–H groups in total. The highest BCUT2D eigenvalue weighted by molar-refractivity contribution is 5.88. The Balaban J connectivity index is 2.37. The van der Waals surface area contributed by atoms with Gasteiger partial charge in [-0.15, -0.1) is 0 Å². The molecule has 4 heteroatoms. The second-order valence-electron chi connectivity index (χ2n) is 4.01. The number of hydrogen-bond donors (Lipinski definition) is 0. The van der Waals surface area contributed by atoms with Gasteiger partial charge in [-0.3, -0.25) is 0 Å². The maximum absolute atomic E-state index is 11.6. The van der Waals surface area contributed by atoms with E-state index in [1.165, 1.54) is 0 Å². The van der Waals surface area contributed by atoms with Crippen molar-refractivity contribution in [1.82, 2.24) is 4.98 Å². The molecule has 2 aromatic rings. The third-order valence-electron chi connectivity index (χ3n) is 2.53. The molecule has 18 heavy (non-hydrogen) atoms. The zero-order valence-corrected chi connectivity index (χ0v) is 10.7. The van der Waals surface area contributed by atoms with Crippen molar-refractivity contribution < 1.29 is 13.9 Å². The van der Waals surface area contributed by atoms with Gasteiger partial charge in [-0.1, -0.05) is 17.7 Å². The standard InChI is InChI=1S/C14H15NO3/c1-4-17-14(16)12-10(3)18-13(15-12)11-7-5-6-9(2)8-11/h5-8H,4H2,1-3H3. The van der Waals surface area contributed by atoms with Gasteiger partial charge in [0.1, 0.15) is 5.76 Å². The smallest absolute Gasteiger partial charge is 0.360 e. The van der Waals surface area contributed by atoms with Gasteiger partial charge in [-0.25, -0.2) is 9.78 Å². The fourth-order valence-corrected chi connectivity index (χ4v) is 1.69. The Morgan fingerprint density at radius 3 is 2.83 bits per heavy atom. The van der Waals surface area contributed by atoms with Crippen molar-refractivity contribution >= 4 is 5.97 Å². The molecule has 1 aromatic heterocycles. The quantitative estimate of drug-likeness (QED) is 0.779. The zero-order valence-electron chi connectivity index (χ0n) is 10.7. The summed E-state index contributed by atoms with van der Waals surface area (Å²) in [5, 5.41) is 0. The van der Waals surface area contributed by atoms with Crippen molar-refractivity contribution in [2.75, 3.05) is 6.61 Å². The number of ether oxygens (including phenoxy) is 1. The third-order valence-corrected chi connectivity index (χ3v) is 2.53. The van der Waals surface area contributed by atoms with Crippen LogP contribution in [0.25, 0.3) is 11.5 Å². The minimum atomic E-state index is -0.447. The Labute approximate surface area is 106 Å². The lowest BCUT2D eigenvalue weighted by Gasteiger charge is -1.97. The molecule has 0 spiro atoms. The Kier molecular flexibility index (Phi) is 3.46. The molecule has 0 aliphatic rings. The first kappa shape index (κ1) is 12.4. The van der Waals surface area contributed by atoms with Gasteiger partial charge in [0, 0.05) is 5.56 Å². The molecule has 0 saturated carbocycles. The van der Waals surface area contributed by atoms with Crippen LogP contribution in [0.4, 0.5) is 0 Å². The highest BCUT2D eigenvalue weighted by Gasteiger charge is 2.18. The van der Waals surface area contributed by atoms with Crippen LogP contribution in [0, 0.1) is 13.8 Å². The lowest BCUT2D eigenvalue weighted by Crippen LogP contribution is -2.06. The maximum Gasteiger partial charge on any atom is 0.360 e. The average molecular weight is 245 g/mol. The van der Waals surface area contributed by atoms with Crippen molar-refractivity contribution in [2.45, 2.75) is 20.8 Å². The molecule has 0 atom stereocenters. The minimum absolute atomic E-state index is 0.244. The summed E-state index contributed by atoms with van der Waals surface area (Å²) in [6, 6.07) is 7.77. The normalized spacial score (nSPS) is 10.4.